The van der Waals surface area contributed by atoms with Crippen molar-refractivity contribution in [1.29, 1.82) is 0 Å². The van der Waals surface area contributed by atoms with Crippen LogP contribution in [0.1, 0.15) is 24.6 Å². The number of halogens is 2. The fraction of sp³-hybridized carbons (Fsp3) is 0.286. The number of benzene rings is 1. The number of nitro groups is 1. The average molecular weight is 278 g/mol. The summed E-state index contributed by atoms with van der Waals surface area (Å²) in [5, 5.41) is 11.3. The maximum atomic E-state index is 13.4. The Kier molecular flexibility index (Phi) is 2.81. The molecule has 3 rings (SSSR count). The second-order valence-electron chi connectivity index (χ2n) is 4.94. The molecule has 0 amide bonds. The molecule has 0 fully saturated rings. The Labute approximate surface area is 113 Å². The first kappa shape index (κ1) is 12.8. The van der Waals surface area contributed by atoms with Crippen LogP contribution in [0.5, 0.6) is 0 Å². The zero-order chi connectivity index (χ0) is 14.4. The van der Waals surface area contributed by atoms with Crippen LogP contribution in [0.2, 0.25) is 0 Å². The van der Waals surface area contributed by atoms with Crippen LogP contribution < -0.4 is 0 Å². The molecule has 0 unspecified atom stereocenters. The van der Waals surface area contributed by atoms with E-state index in [-0.39, 0.29) is 5.70 Å². The first-order chi connectivity index (χ1) is 9.49. The Morgan fingerprint density at radius 1 is 1.40 bits per heavy atom. The minimum Gasteiger partial charge on any atom is -0.344 e. The number of hydrogen-bond acceptors (Lipinski definition) is 2. The molecule has 2 heterocycles. The standard InChI is InChI=1S/C14H12F2N2O2/c1-8(18(19)20)5-9-10-6-11(15)12(16)7-14(10)17-4-2-3-13(9)17/h5-7H,2-4H2,1H3. The predicted octanol–water partition coefficient (Wildman–Crippen LogP) is 3.50. The number of aromatic nitrogens is 1. The number of aryl methyl sites for hydroxylation is 1. The summed E-state index contributed by atoms with van der Waals surface area (Å²) < 4.78 is 28.8. The lowest BCUT2D eigenvalue weighted by molar-refractivity contribution is -0.422. The summed E-state index contributed by atoms with van der Waals surface area (Å²) in [6, 6.07) is 2.29. The van der Waals surface area contributed by atoms with Gasteiger partial charge in [0.25, 0.3) is 0 Å². The molecular formula is C14H12F2N2O2. The molecule has 0 bridgehead atoms. The fourth-order valence-electron chi connectivity index (χ4n) is 2.77. The van der Waals surface area contributed by atoms with Crippen molar-refractivity contribution in [2.75, 3.05) is 0 Å². The Hall–Kier alpha value is -2.24. The average Bonchev–Trinajstić information content (AvgIpc) is 2.95. The summed E-state index contributed by atoms with van der Waals surface area (Å²) in [7, 11) is 0. The van der Waals surface area contributed by atoms with Gasteiger partial charge in [-0.05, 0) is 18.9 Å². The van der Waals surface area contributed by atoms with Gasteiger partial charge in [-0.25, -0.2) is 8.78 Å². The van der Waals surface area contributed by atoms with Crippen molar-refractivity contribution >= 4 is 17.0 Å². The van der Waals surface area contributed by atoms with Gasteiger partial charge in [0.2, 0.25) is 5.70 Å². The Morgan fingerprint density at radius 3 is 2.80 bits per heavy atom. The lowest BCUT2D eigenvalue weighted by Gasteiger charge is -2.00. The van der Waals surface area contributed by atoms with E-state index in [2.05, 4.69) is 0 Å². The number of rotatable bonds is 2. The van der Waals surface area contributed by atoms with Crippen molar-refractivity contribution in [3.05, 3.63) is 50.8 Å². The summed E-state index contributed by atoms with van der Waals surface area (Å²) >= 11 is 0. The molecule has 1 aliphatic heterocycles. The Bertz CT molecular complexity index is 762. The van der Waals surface area contributed by atoms with Gasteiger partial charge >= 0.3 is 0 Å². The Balaban J connectivity index is 2.33. The van der Waals surface area contributed by atoms with Crippen LogP contribution in [0.4, 0.5) is 8.78 Å². The molecule has 6 heteroatoms. The van der Waals surface area contributed by atoms with Crippen LogP contribution in [0.3, 0.4) is 0 Å². The van der Waals surface area contributed by atoms with Gasteiger partial charge in [0.1, 0.15) is 0 Å². The maximum Gasteiger partial charge on any atom is 0.243 e. The maximum absolute atomic E-state index is 13.4. The van der Waals surface area contributed by atoms with Gasteiger partial charge in [-0.1, -0.05) is 0 Å². The molecule has 0 N–H and O–H groups in total. The molecule has 1 aromatic heterocycles. The van der Waals surface area contributed by atoms with E-state index in [1.54, 1.807) is 0 Å². The summed E-state index contributed by atoms with van der Waals surface area (Å²) in [6.45, 7) is 2.12. The lowest BCUT2D eigenvalue weighted by Crippen LogP contribution is -1.94. The highest BCUT2D eigenvalue weighted by Crippen LogP contribution is 2.34. The first-order valence-electron chi connectivity index (χ1n) is 6.32. The zero-order valence-corrected chi connectivity index (χ0v) is 10.8. The molecule has 20 heavy (non-hydrogen) atoms. The normalized spacial score (nSPS) is 14.8. The molecule has 0 spiro atoms. The van der Waals surface area contributed by atoms with Crippen LogP contribution in [-0.4, -0.2) is 9.49 Å². The Morgan fingerprint density at radius 2 is 2.10 bits per heavy atom. The van der Waals surface area contributed by atoms with E-state index in [0.717, 1.165) is 31.1 Å². The molecule has 0 saturated carbocycles. The minimum atomic E-state index is -0.935. The van der Waals surface area contributed by atoms with Crippen molar-refractivity contribution in [1.82, 2.24) is 4.57 Å². The number of allylic oxidation sites excluding steroid dienone is 1. The third-order valence-corrected chi connectivity index (χ3v) is 3.69. The molecule has 1 aromatic carbocycles. The second kappa shape index (κ2) is 4.40. The molecule has 104 valence electrons. The van der Waals surface area contributed by atoms with Crippen LogP contribution in [0, 0.1) is 21.7 Å². The van der Waals surface area contributed by atoms with Crippen molar-refractivity contribution in [3.63, 3.8) is 0 Å². The number of hydrogen-bond donors (Lipinski definition) is 0. The van der Waals surface area contributed by atoms with Crippen LogP contribution in [0.15, 0.2) is 17.8 Å². The summed E-state index contributed by atoms with van der Waals surface area (Å²) in [6.07, 6.45) is 3.11. The minimum absolute atomic E-state index is 0.0167. The van der Waals surface area contributed by atoms with Crippen LogP contribution in [-0.2, 0) is 13.0 Å². The van der Waals surface area contributed by atoms with E-state index < -0.39 is 16.6 Å². The molecule has 1 aliphatic rings. The van der Waals surface area contributed by atoms with E-state index in [1.165, 1.54) is 19.1 Å². The summed E-state index contributed by atoms with van der Waals surface area (Å²) in [5.41, 5.74) is 2.12. The lowest BCUT2D eigenvalue weighted by atomic mass is 10.1. The zero-order valence-electron chi connectivity index (χ0n) is 10.8. The molecule has 0 saturated heterocycles. The van der Waals surface area contributed by atoms with E-state index in [1.807, 2.05) is 4.57 Å². The van der Waals surface area contributed by atoms with Gasteiger partial charge in [-0.2, -0.15) is 0 Å². The van der Waals surface area contributed by atoms with E-state index in [0.29, 0.717) is 16.5 Å². The largest absolute Gasteiger partial charge is 0.344 e. The van der Waals surface area contributed by atoms with Gasteiger partial charge in [-0.3, -0.25) is 10.1 Å². The highest BCUT2D eigenvalue weighted by Gasteiger charge is 2.22. The van der Waals surface area contributed by atoms with Crippen LogP contribution in [0.25, 0.3) is 17.0 Å². The fourth-order valence-corrected chi connectivity index (χ4v) is 2.77. The molecule has 0 atom stereocenters. The van der Waals surface area contributed by atoms with Crippen LogP contribution >= 0.6 is 0 Å². The van der Waals surface area contributed by atoms with Gasteiger partial charge in [0.15, 0.2) is 11.6 Å². The highest BCUT2D eigenvalue weighted by molar-refractivity contribution is 5.92. The van der Waals surface area contributed by atoms with Gasteiger partial charge < -0.3 is 4.57 Å². The summed E-state index contributed by atoms with van der Waals surface area (Å²) in [5.74, 6) is -1.83. The molecule has 0 radical (unpaired) electrons. The van der Waals surface area contributed by atoms with Gasteiger partial charge in [-0.15, -0.1) is 0 Å². The van der Waals surface area contributed by atoms with Crippen molar-refractivity contribution in [2.24, 2.45) is 0 Å². The first-order valence-corrected chi connectivity index (χ1v) is 6.32. The van der Waals surface area contributed by atoms with E-state index in [4.69, 9.17) is 0 Å². The van der Waals surface area contributed by atoms with E-state index >= 15 is 0 Å². The van der Waals surface area contributed by atoms with Gasteiger partial charge in [0, 0.05) is 42.3 Å². The molecular weight excluding hydrogens is 266 g/mol. The molecule has 2 aromatic rings. The quantitative estimate of drug-likeness (QED) is 0.623. The second-order valence-corrected chi connectivity index (χ2v) is 4.94. The highest BCUT2D eigenvalue weighted by atomic mass is 19.2. The van der Waals surface area contributed by atoms with Crippen molar-refractivity contribution < 1.29 is 13.7 Å². The van der Waals surface area contributed by atoms with Crippen molar-refractivity contribution in [3.8, 4) is 0 Å². The smallest absolute Gasteiger partial charge is 0.243 e. The van der Waals surface area contributed by atoms with Crippen molar-refractivity contribution in [2.45, 2.75) is 26.3 Å². The number of fused-ring (bicyclic) bond motifs is 3. The predicted molar refractivity (Wildman–Crippen MR) is 70.8 cm³/mol. The topological polar surface area (TPSA) is 48.1 Å². The third kappa shape index (κ3) is 1.79. The SMILES string of the molecule is CC(=Cc1c2n(c3cc(F)c(F)cc13)CCC2)[N+](=O)[O-]. The van der Waals surface area contributed by atoms with Gasteiger partial charge in [0.05, 0.1) is 10.4 Å². The molecule has 4 nitrogen and oxygen atoms in total. The third-order valence-electron chi connectivity index (χ3n) is 3.69. The van der Waals surface area contributed by atoms with E-state index in [9.17, 15) is 18.9 Å². The number of nitrogens with zero attached hydrogens (tertiary/aromatic N) is 2. The monoisotopic (exact) mass is 278 g/mol. The summed E-state index contributed by atoms with van der Waals surface area (Å²) in [4.78, 5) is 10.3. The molecule has 0 aliphatic carbocycles.